The predicted molar refractivity (Wildman–Crippen MR) is 193 cm³/mol. The molecular weight excluding hydrogens is 616 g/mol. The molecule has 0 saturated heterocycles. The lowest BCUT2D eigenvalue weighted by Gasteiger charge is -2.40. The summed E-state index contributed by atoms with van der Waals surface area (Å²) in [5.41, 5.74) is 2.91. The predicted octanol–water partition coefficient (Wildman–Crippen LogP) is 7.15. The number of aromatic amines is 1. The molecule has 0 saturated carbocycles. The van der Waals surface area contributed by atoms with Gasteiger partial charge in [0.2, 0.25) is 5.91 Å². The standard InChI is InChI=1S/C40H46N4O5/c1-27(42-33(24-37(45)46)23-32-25-41-35-18-12-11-17-34(32)35)44(39(48)49-40(2,3)4)36(38(47)43(5)26-28-13-7-6-8-14-28)22-29-19-20-30-15-9-10-16-31(30)21-29/h6-21,25,27,33,36,41-42H,22-24,26H2,1-5H3,(H,45,46)/t27?,33-,36?/m0/s1. The summed E-state index contributed by atoms with van der Waals surface area (Å²) in [6, 6.07) is 30.1. The van der Waals surface area contributed by atoms with Gasteiger partial charge in [0.1, 0.15) is 11.6 Å². The zero-order valence-corrected chi connectivity index (χ0v) is 28.9. The number of para-hydroxylation sites is 1. The number of ether oxygens (including phenoxy) is 1. The number of nitrogens with zero attached hydrogens (tertiary/aromatic N) is 2. The summed E-state index contributed by atoms with van der Waals surface area (Å²) < 4.78 is 5.94. The number of carboxylic acid groups (broad SMARTS) is 1. The number of hydrogen-bond acceptors (Lipinski definition) is 5. The highest BCUT2D eigenvalue weighted by molar-refractivity contribution is 5.87. The minimum atomic E-state index is -0.972. The molecule has 2 unspecified atom stereocenters. The van der Waals surface area contributed by atoms with E-state index < -0.39 is 35.9 Å². The normalized spacial score (nSPS) is 13.5. The Kier molecular flexibility index (Phi) is 11.0. The number of rotatable bonds is 13. The fourth-order valence-corrected chi connectivity index (χ4v) is 6.34. The monoisotopic (exact) mass is 662 g/mol. The Bertz CT molecular complexity index is 1900. The maximum Gasteiger partial charge on any atom is 0.412 e. The number of aliphatic carboxylic acids is 1. The highest BCUT2D eigenvalue weighted by atomic mass is 16.6. The molecule has 5 aromatic rings. The van der Waals surface area contributed by atoms with Crippen LogP contribution in [-0.2, 0) is 33.7 Å². The van der Waals surface area contributed by atoms with Crippen molar-refractivity contribution >= 4 is 39.6 Å². The van der Waals surface area contributed by atoms with Crippen LogP contribution in [0.5, 0.6) is 0 Å². The maximum atomic E-state index is 14.5. The number of likely N-dealkylation sites (N-methyl/N-ethyl adjacent to an activating group) is 1. The zero-order valence-electron chi connectivity index (χ0n) is 28.9. The summed E-state index contributed by atoms with van der Waals surface area (Å²) in [6.07, 6.45) is 0.871. The van der Waals surface area contributed by atoms with Crippen molar-refractivity contribution in [2.45, 2.75) is 77.4 Å². The number of nitrogens with one attached hydrogen (secondary N) is 2. The number of H-pyrrole nitrogens is 1. The molecule has 0 aliphatic heterocycles. The number of carbonyl (C=O) groups excluding carboxylic acids is 2. The molecule has 3 N–H and O–H groups in total. The van der Waals surface area contributed by atoms with Crippen molar-refractivity contribution in [2.24, 2.45) is 0 Å². The van der Waals surface area contributed by atoms with E-state index >= 15 is 0 Å². The van der Waals surface area contributed by atoms with Gasteiger partial charge >= 0.3 is 12.1 Å². The van der Waals surface area contributed by atoms with Crippen molar-refractivity contribution in [3.63, 3.8) is 0 Å². The second-order valence-corrected chi connectivity index (χ2v) is 13.7. The van der Waals surface area contributed by atoms with Gasteiger partial charge < -0.3 is 19.7 Å². The van der Waals surface area contributed by atoms with E-state index in [-0.39, 0.29) is 18.7 Å². The first-order valence-electron chi connectivity index (χ1n) is 16.7. The molecule has 4 aromatic carbocycles. The van der Waals surface area contributed by atoms with E-state index in [1.165, 1.54) is 4.90 Å². The van der Waals surface area contributed by atoms with Gasteiger partial charge in [-0.3, -0.25) is 19.8 Å². The third-order valence-corrected chi connectivity index (χ3v) is 8.56. The summed E-state index contributed by atoms with van der Waals surface area (Å²) in [7, 11) is 1.73. The lowest BCUT2D eigenvalue weighted by molar-refractivity contribution is -0.139. The molecule has 3 atom stereocenters. The Hall–Kier alpha value is -5.15. The number of fused-ring (bicyclic) bond motifs is 2. The average molecular weight is 663 g/mol. The molecule has 1 aromatic heterocycles. The SMILES string of the molecule is CC(N[C@H](CC(=O)O)Cc1c[nH]c2ccccc12)N(C(=O)OC(C)(C)C)C(Cc1ccc2ccccc2c1)C(=O)N(C)Cc1ccccc1. The zero-order chi connectivity index (χ0) is 35.1. The van der Waals surface area contributed by atoms with Gasteiger partial charge in [-0.1, -0.05) is 91.0 Å². The molecular formula is C40H46N4O5. The molecule has 9 nitrogen and oxygen atoms in total. The molecule has 256 valence electrons. The van der Waals surface area contributed by atoms with Crippen molar-refractivity contribution in [2.75, 3.05) is 7.05 Å². The van der Waals surface area contributed by atoms with Crippen molar-refractivity contribution in [1.29, 1.82) is 0 Å². The molecule has 0 bridgehead atoms. The van der Waals surface area contributed by atoms with E-state index in [2.05, 4.69) is 10.3 Å². The molecule has 49 heavy (non-hydrogen) atoms. The van der Waals surface area contributed by atoms with E-state index in [0.29, 0.717) is 13.0 Å². The van der Waals surface area contributed by atoms with Gasteiger partial charge in [-0.2, -0.15) is 0 Å². The van der Waals surface area contributed by atoms with Gasteiger partial charge in [0.15, 0.2) is 0 Å². The van der Waals surface area contributed by atoms with E-state index in [9.17, 15) is 19.5 Å². The second kappa shape index (κ2) is 15.4. The number of amides is 2. The third kappa shape index (κ3) is 9.27. The number of hydrogen-bond donors (Lipinski definition) is 3. The molecule has 1 heterocycles. The summed E-state index contributed by atoms with van der Waals surface area (Å²) in [4.78, 5) is 47.2. The van der Waals surface area contributed by atoms with Crippen molar-refractivity contribution in [3.05, 3.63) is 120 Å². The Morgan fingerprint density at radius 1 is 0.857 bits per heavy atom. The van der Waals surface area contributed by atoms with Gasteiger partial charge in [-0.05, 0) is 67.6 Å². The van der Waals surface area contributed by atoms with Crippen LogP contribution in [0.1, 0.15) is 50.8 Å². The minimum Gasteiger partial charge on any atom is -0.481 e. The van der Waals surface area contributed by atoms with Crippen molar-refractivity contribution in [1.82, 2.24) is 20.1 Å². The van der Waals surface area contributed by atoms with Crippen LogP contribution in [0.25, 0.3) is 21.7 Å². The van der Waals surface area contributed by atoms with E-state index in [0.717, 1.165) is 38.4 Å². The Morgan fingerprint density at radius 3 is 2.24 bits per heavy atom. The number of benzene rings is 4. The van der Waals surface area contributed by atoms with Crippen molar-refractivity contribution in [3.8, 4) is 0 Å². The summed E-state index contributed by atoms with van der Waals surface area (Å²) >= 11 is 0. The Balaban J connectivity index is 1.52. The van der Waals surface area contributed by atoms with Crippen LogP contribution in [0.3, 0.4) is 0 Å². The van der Waals surface area contributed by atoms with Crippen LogP contribution in [0.4, 0.5) is 4.79 Å². The van der Waals surface area contributed by atoms with E-state index in [1.807, 2.05) is 103 Å². The van der Waals surface area contributed by atoms with Crippen LogP contribution in [0, 0.1) is 0 Å². The lowest BCUT2D eigenvalue weighted by atomic mass is 9.99. The first-order valence-corrected chi connectivity index (χ1v) is 16.7. The first kappa shape index (κ1) is 35.2. The summed E-state index contributed by atoms with van der Waals surface area (Å²) in [6.45, 7) is 7.49. The summed E-state index contributed by atoms with van der Waals surface area (Å²) in [5.74, 6) is -1.23. The largest absolute Gasteiger partial charge is 0.481 e. The van der Waals surface area contributed by atoms with E-state index in [1.54, 1.807) is 39.6 Å². The number of carboxylic acids is 1. The van der Waals surface area contributed by atoms with Gasteiger partial charge in [0.05, 0.1) is 12.6 Å². The number of aromatic nitrogens is 1. The quantitative estimate of drug-likeness (QED) is 0.115. The van der Waals surface area contributed by atoms with Gasteiger partial charge in [0, 0.05) is 43.2 Å². The molecule has 0 spiro atoms. The van der Waals surface area contributed by atoms with E-state index in [4.69, 9.17) is 4.74 Å². The van der Waals surface area contributed by atoms with Crippen LogP contribution >= 0.6 is 0 Å². The first-order chi connectivity index (χ1) is 23.4. The molecule has 0 fully saturated rings. The van der Waals surface area contributed by atoms with Crippen LogP contribution in [0.2, 0.25) is 0 Å². The lowest BCUT2D eigenvalue weighted by Crippen LogP contribution is -2.60. The molecule has 2 amide bonds. The topological polar surface area (TPSA) is 115 Å². The third-order valence-electron chi connectivity index (χ3n) is 8.56. The smallest absolute Gasteiger partial charge is 0.412 e. The Morgan fingerprint density at radius 2 is 1.53 bits per heavy atom. The molecule has 5 rings (SSSR count). The van der Waals surface area contributed by atoms with Crippen molar-refractivity contribution < 1.29 is 24.2 Å². The highest BCUT2D eigenvalue weighted by Crippen LogP contribution is 2.24. The fraction of sp³-hybridized carbons (Fsp3) is 0.325. The average Bonchev–Trinajstić information content (AvgIpc) is 3.45. The maximum absolute atomic E-state index is 14.5. The molecule has 0 radical (unpaired) electrons. The van der Waals surface area contributed by atoms with Gasteiger partial charge in [0.25, 0.3) is 0 Å². The van der Waals surface area contributed by atoms with Gasteiger partial charge in [-0.25, -0.2) is 4.79 Å². The van der Waals surface area contributed by atoms with Crippen LogP contribution in [-0.4, -0.2) is 68.8 Å². The van der Waals surface area contributed by atoms with Crippen LogP contribution < -0.4 is 5.32 Å². The number of carbonyl (C=O) groups is 3. The van der Waals surface area contributed by atoms with Crippen LogP contribution in [0.15, 0.2) is 103 Å². The van der Waals surface area contributed by atoms with Gasteiger partial charge in [-0.15, -0.1) is 0 Å². The fourth-order valence-electron chi connectivity index (χ4n) is 6.34. The molecule has 0 aliphatic carbocycles. The second-order valence-electron chi connectivity index (χ2n) is 13.7. The summed E-state index contributed by atoms with van der Waals surface area (Å²) in [5, 5.41) is 16.4. The molecule has 0 aliphatic rings. The minimum absolute atomic E-state index is 0.191. The molecule has 9 heteroatoms. The highest BCUT2D eigenvalue weighted by Gasteiger charge is 2.38. The Labute approximate surface area is 287 Å².